The number of amides is 1. The highest BCUT2D eigenvalue weighted by molar-refractivity contribution is 7.89. The number of carbonyl (C=O) groups excluding carboxylic acids is 2. The molecule has 0 bridgehead atoms. The number of sulfonamides is 1. The number of para-hydroxylation sites is 1. The lowest BCUT2D eigenvalue weighted by Gasteiger charge is -2.26. The van der Waals surface area contributed by atoms with Crippen molar-refractivity contribution in [3.8, 4) is 0 Å². The number of nitrogens with zero attached hydrogens (tertiary/aromatic N) is 2. The maximum Gasteiger partial charge on any atom is 0.345 e. The van der Waals surface area contributed by atoms with Crippen molar-refractivity contribution in [1.82, 2.24) is 4.31 Å². The molecule has 1 saturated heterocycles. The Kier molecular flexibility index (Phi) is 7.67. The number of carbonyl (C=O) groups is 2. The van der Waals surface area contributed by atoms with E-state index >= 15 is 0 Å². The Morgan fingerprint density at radius 1 is 1.15 bits per heavy atom. The van der Waals surface area contributed by atoms with Gasteiger partial charge in [0.2, 0.25) is 10.0 Å². The summed E-state index contributed by atoms with van der Waals surface area (Å²) in [5.41, 5.74) is -0.711. The van der Waals surface area contributed by atoms with Crippen molar-refractivity contribution in [2.75, 3.05) is 18.4 Å². The van der Waals surface area contributed by atoms with Crippen LogP contribution < -0.4 is 5.32 Å². The molecule has 1 aliphatic rings. The number of nitrogens with one attached hydrogen (secondary N) is 1. The predicted octanol–water partition coefficient (Wildman–Crippen LogP) is 3.61. The van der Waals surface area contributed by atoms with E-state index in [0.29, 0.717) is 13.1 Å². The van der Waals surface area contributed by atoms with Crippen LogP contribution in [0.25, 0.3) is 0 Å². The molecule has 0 radical (unpaired) electrons. The standard InChI is InChI=1S/C21H22ClN3O7S/c1-14(32-21(27)16-7-3-4-8-19(16)25(28)29)20(26)23-18-13-15(9-10-17(18)22)33(30,31)24-11-5-2-6-12-24/h3-4,7-10,13-14H,2,5-6,11-12H2,1H3,(H,23,26). The highest BCUT2D eigenvalue weighted by Crippen LogP contribution is 2.28. The molecule has 1 fully saturated rings. The molecular formula is C21H22ClN3O7S. The Bertz CT molecular complexity index is 1180. The third kappa shape index (κ3) is 5.67. The summed E-state index contributed by atoms with van der Waals surface area (Å²) in [4.78, 5) is 35.3. The van der Waals surface area contributed by atoms with Crippen LogP contribution in [0.3, 0.4) is 0 Å². The van der Waals surface area contributed by atoms with Gasteiger partial charge in [-0.2, -0.15) is 4.31 Å². The molecule has 3 rings (SSSR count). The number of esters is 1. The Morgan fingerprint density at radius 3 is 2.48 bits per heavy atom. The SMILES string of the molecule is CC(OC(=O)c1ccccc1[N+](=O)[O-])C(=O)Nc1cc(S(=O)(=O)N2CCCCC2)ccc1Cl. The summed E-state index contributed by atoms with van der Waals surface area (Å²) in [5, 5.41) is 13.7. The van der Waals surface area contributed by atoms with E-state index in [0.717, 1.165) is 25.3 Å². The van der Waals surface area contributed by atoms with Crippen LogP contribution in [0.5, 0.6) is 0 Å². The first-order valence-electron chi connectivity index (χ1n) is 10.2. The largest absolute Gasteiger partial charge is 0.449 e. The van der Waals surface area contributed by atoms with Crippen molar-refractivity contribution < 1.29 is 27.7 Å². The molecule has 2 aromatic carbocycles. The van der Waals surface area contributed by atoms with Gasteiger partial charge in [0.25, 0.3) is 11.6 Å². The Labute approximate surface area is 195 Å². The molecule has 1 atom stereocenters. The van der Waals surface area contributed by atoms with Crippen molar-refractivity contribution in [2.45, 2.75) is 37.2 Å². The van der Waals surface area contributed by atoms with Crippen LogP contribution in [0.2, 0.25) is 5.02 Å². The van der Waals surface area contributed by atoms with Gasteiger partial charge in [-0.1, -0.05) is 30.2 Å². The summed E-state index contributed by atoms with van der Waals surface area (Å²) < 4.78 is 32.3. The van der Waals surface area contributed by atoms with Gasteiger partial charge in [0.05, 0.1) is 20.5 Å². The second-order valence-corrected chi connectivity index (χ2v) is 9.76. The monoisotopic (exact) mass is 495 g/mol. The van der Waals surface area contributed by atoms with Gasteiger partial charge in [-0.05, 0) is 44.0 Å². The molecule has 1 heterocycles. The Hall–Kier alpha value is -3.02. The molecule has 1 unspecified atom stereocenters. The van der Waals surface area contributed by atoms with Gasteiger partial charge in [-0.15, -0.1) is 0 Å². The second kappa shape index (κ2) is 10.3. The lowest BCUT2D eigenvalue weighted by molar-refractivity contribution is -0.385. The molecule has 2 aromatic rings. The van der Waals surface area contributed by atoms with Crippen LogP contribution in [-0.2, 0) is 19.6 Å². The first kappa shape index (κ1) is 24.6. The minimum atomic E-state index is -3.75. The zero-order chi connectivity index (χ0) is 24.2. The van der Waals surface area contributed by atoms with Crippen LogP contribution in [0, 0.1) is 10.1 Å². The summed E-state index contributed by atoms with van der Waals surface area (Å²) in [6.45, 7) is 2.13. The minimum Gasteiger partial charge on any atom is -0.449 e. The molecule has 1 N–H and O–H groups in total. The molecule has 0 saturated carbocycles. The van der Waals surface area contributed by atoms with Crippen LogP contribution in [0.4, 0.5) is 11.4 Å². The number of anilines is 1. The minimum absolute atomic E-state index is 0.0198. The Morgan fingerprint density at radius 2 is 1.82 bits per heavy atom. The summed E-state index contributed by atoms with van der Waals surface area (Å²) in [6.07, 6.45) is 1.18. The van der Waals surface area contributed by atoms with Gasteiger partial charge in [0.15, 0.2) is 6.10 Å². The smallest absolute Gasteiger partial charge is 0.345 e. The second-order valence-electron chi connectivity index (χ2n) is 7.42. The van der Waals surface area contributed by atoms with E-state index in [-0.39, 0.29) is 21.2 Å². The predicted molar refractivity (Wildman–Crippen MR) is 121 cm³/mol. The Balaban J connectivity index is 1.74. The van der Waals surface area contributed by atoms with E-state index in [9.17, 15) is 28.1 Å². The van der Waals surface area contributed by atoms with Crippen molar-refractivity contribution in [3.63, 3.8) is 0 Å². The molecule has 1 aliphatic heterocycles. The maximum atomic E-state index is 12.9. The van der Waals surface area contributed by atoms with Crippen molar-refractivity contribution in [2.24, 2.45) is 0 Å². The molecule has 0 aromatic heterocycles. The fourth-order valence-electron chi connectivity index (χ4n) is 3.33. The number of halogens is 1. The number of piperidine rings is 1. The number of rotatable bonds is 7. The first-order valence-corrected chi connectivity index (χ1v) is 12.0. The number of hydrogen-bond donors (Lipinski definition) is 1. The highest BCUT2D eigenvalue weighted by Gasteiger charge is 2.28. The summed E-state index contributed by atoms with van der Waals surface area (Å²) in [5.74, 6) is -1.83. The van der Waals surface area contributed by atoms with E-state index < -0.39 is 38.6 Å². The van der Waals surface area contributed by atoms with Crippen LogP contribution >= 0.6 is 11.6 Å². The number of ether oxygens (including phenoxy) is 1. The molecule has 1 amide bonds. The summed E-state index contributed by atoms with van der Waals surface area (Å²) >= 11 is 6.13. The number of benzene rings is 2. The number of nitro groups is 1. The topological polar surface area (TPSA) is 136 Å². The van der Waals surface area contributed by atoms with E-state index in [1.54, 1.807) is 0 Å². The highest BCUT2D eigenvalue weighted by atomic mass is 35.5. The number of hydrogen-bond acceptors (Lipinski definition) is 7. The van der Waals surface area contributed by atoms with Gasteiger partial charge in [-0.3, -0.25) is 14.9 Å². The number of nitro benzene ring substituents is 1. The summed E-state index contributed by atoms with van der Waals surface area (Å²) in [6, 6.07) is 9.17. The zero-order valence-electron chi connectivity index (χ0n) is 17.7. The van der Waals surface area contributed by atoms with Gasteiger partial charge in [-0.25, -0.2) is 13.2 Å². The quantitative estimate of drug-likeness (QED) is 0.352. The molecule has 0 aliphatic carbocycles. The zero-order valence-corrected chi connectivity index (χ0v) is 19.3. The van der Waals surface area contributed by atoms with Gasteiger partial charge in [0, 0.05) is 19.2 Å². The van der Waals surface area contributed by atoms with Gasteiger partial charge >= 0.3 is 5.97 Å². The lowest BCUT2D eigenvalue weighted by Crippen LogP contribution is -2.35. The maximum absolute atomic E-state index is 12.9. The molecule has 176 valence electrons. The molecule has 10 nitrogen and oxygen atoms in total. The summed E-state index contributed by atoms with van der Waals surface area (Å²) in [7, 11) is -3.75. The fraction of sp³-hybridized carbons (Fsp3) is 0.333. The van der Waals surface area contributed by atoms with Crippen molar-refractivity contribution in [3.05, 3.63) is 63.2 Å². The van der Waals surface area contributed by atoms with Crippen molar-refractivity contribution in [1.29, 1.82) is 0 Å². The van der Waals surface area contributed by atoms with Gasteiger partial charge < -0.3 is 10.1 Å². The third-order valence-electron chi connectivity index (χ3n) is 5.12. The first-order chi connectivity index (χ1) is 15.6. The molecule has 33 heavy (non-hydrogen) atoms. The average Bonchev–Trinajstić information content (AvgIpc) is 2.80. The van der Waals surface area contributed by atoms with Gasteiger partial charge in [0.1, 0.15) is 5.56 Å². The lowest BCUT2D eigenvalue weighted by atomic mass is 10.2. The van der Waals surface area contributed by atoms with E-state index in [2.05, 4.69) is 5.32 Å². The van der Waals surface area contributed by atoms with E-state index in [4.69, 9.17) is 16.3 Å². The van der Waals surface area contributed by atoms with E-state index in [1.165, 1.54) is 47.6 Å². The van der Waals surface area contributed by atoms with E-state index in [1.807, 2.05) is 0 Å². The molecular weight excluding hydrogens is 474 g/mol. The van der Waals surface area contributed by atoms with Crippen molar-refractivity contribution >= 4 is 44.9 Å². The fourth-order valence-corrected chi connectivity index (χ4v) is 5.04. The van der Waals surface area contributed by atoms with Crippen LogP contribution in [0.15, 0.2) is 47.4 Å². The van der Waals surface area contributed by atoms with Crippen LogP contribution in [0.1, 0.15) is 36.5 Å². The van der Waals surface area contributed by atoms with Crippen LogP contribution in [-0.4, -0.2) is 48.7 Å². The third-order valence-corrected chi connectivity index (χ3v) is 7.35. The normalized spacial score (nSPS) is 15.5. The molecule has 12 heteroatoms. The average molecular weight is 496 g/mol. The molecule has 0 spiro atoms.